The van der Waals surface area contributed by atoms with Crippen LogP contribution in [0.1, 0.15) is 472 Å². The SMILES string of the molecule is CCCCCCCCCCCCCCCCCCCCCCC(=O)O[C@H](COC(=O)CCCCCCCCCCCCCCCCCCC(C)C)COP(=O)(O)OC[C@@H](O)COP(=O)(O)OC[C@@H](COC(=O)CCCCCCCCC(C)C)OC(=O)CCCCCCCCCCCCCCCCCCCCC. The summed E-state index contributed by atoms with van der Waals surface area (Å²) in [5.74, 6) is -0.610. The monoisotopic (exact) mass is 1560 g/mol. The van der Waals surface area contributed by atoms with Crippen molar-refractivity contribution in [3.8, 4) is 0 Å². The quantitative estimate of drug-likeness (QED) is 0.0222. The Morgan fingerprint density at radius 2 is 0.430 bits per heavy atom. The van der Waals surface area contributed by atoms with Crippen molar-refractivity contribution in [3.05, 3.63) is 0 Å². The number of esters is 4. The molecule has 0 aliphatic rings. The molecule has 0 saturated carbocycles. The highest BCUT2D eigenvalue weighted by molar-refractivity contribution is 7.47. The Morgan fingerprint density at radius 3 is 0.636 bits per heavy atom. The minimum Gasteiger partial charge on any atom is -0.462 e. The van der Waals surface area contributed by atoms with Gasteiger partial charge in [-0.2, -0.15) is 0 Å². The molecule has 0 radical (unpaired) electrons. The predicted molar refractivity (Wildman–Crippen MR) is 442 cm³/mol. The van der Waals surface area contributed by atoms with Crippen molar-refractivity contribution in [2.75, 3.05) is 39.6 Å². The summed E-state index contributed by atoms with van der Waals surface area (Å²) in [5.41, 5.74) is 0. The first-order valence-electron chi connectivity index (χ1n) is 45.5. The molecule has 636 valence electrons. The number of aliphatic hydroxyl groups excluding tert-OH is 1. The molecule has 0 aliphatic carbocycles. The zero-order valence-corrected chi connectivity index (χ0v) is 72.2. The van der Waals surface area contributed by atoms with Crippen molar-refractivity contribution in [3.63, 3.8) is 0 Å². The molecule has 17 nitrogen and oxygen atoms in total. The fraction of sp³-hybridized carbons (Fsp3) is 0.955. The molecule has 0 aromatic carbocycles. The van der Waals surface area contributed by atoms with E-state index >= 15 is 0 Å². The molecule has 3 N–H and O–H groups in total. The van der Waals surface area contributed by atoms with Crippen LogP contribution in [-0.2, 0) is 65.4 Å². The number of carbonyl (C=O) groups is 4. The molecule has 107 heavy (non-hydrogen) atoms. The van der Waals surface area contributed by atoms with Crippen molar-refractivity contribution in [1.29, 1.82) is 0 Å². The lowest BCUT2D eigenvalue weighted by atomic mass is 10.0. The fourth-order valence-corrected chi connectivity index (χ4v) is 15.4. The highest BCUT2D eigenvalue weighted by Gasteiger charge is 2.30. The summed E-state index contributed by atoms with van der Waals surface area (Å²) in [6.45, 7) is 9.63. The number of hydrogen-bond donors (Lipinski definition) is 3. The number of phosphoric ester groups is 2. The van der Waals surface area contributed by atoms with Crippen molar-refractivity contribution in [2.24, 2.45) is 11.8 Å². The molecule has 2 unspecified atom stereocenters. The summed E-state index contributed by atoms with van der Waals surface area (Å²) < 4.78 is 68.9. The lowest BCUT2D eigenvalue weighted by Gasteiger charge is -2.21. The van der Waals surface area contributed by atoms with E-state index in [-0.39, 0.29) is 25.7 Å². The van der Waals surface area contributed by atoms with E-state index in [4.69, 9.17) is 37.0 Å². The lowest BCUT2D eigenvalue weighted by molar-refractivity contribution is -0.161. The summed E-state index contributed by atoms with van der Waals surface area (Å²) in [7, 11) is -9.93. The number of hydrogen-bond acceptors (Lipinski definition) is 15. The second kappa shape index (κ2) is 79.3. The van der Waals surface area contributed by atoms with E-state index in [9.17, 15) is 43.2 Å². The highest BCUT2D eigenvalue weighted by atomic mass is 31.2. The molecule has 5 atom stereocenters. The van der Waals surface area contributed by atoms with Crippen molar-refractivity contribution in [1.82, 2.24) is 0 Å². The summed E-state index contributed by atoms with van der Waals surface area (Å²) in [4.78, 5) is 73.2. The van der Waals surface area contributed by atoms with Gasteiger partial charge in [0.2, 0.25) is 0 Å². The predicted octanol–water partition coefficient (Wildman–Crippen LogP) is 27.0. The zero-order chi connectivity index (χ0) is 78.5. The molecular weight excluding hydrogens is 1390 g/mol. The highest BCUT2D eigenvalue weighted by Crippen LogP contribution is 2.45. The fourth-order valence-electron chi connectivity index (χ4n) is 13.8. The molecule has 0 saturated heterocycles. The van der Waals surface area contributed by atoms with Gasteiger partial charge in [-0.1, -0.05) is 420 Å². The van der Waals surface area contributed by atoms with E-state index in [0.717, 1.165) is 102 Å². The first-order chi connectivity index (χ1) is 51.9. The summed E-state index contributed by atoms with van der Waals surface area (Å²) in [5, 5.41) is 10.7. The smallest absolute Gasteiger partial charge is 0.462 e. The van der Waals surface area contributed by atoms with E-state index in [1.165, 1.54) is 283 Å². The van der Waals surface area contributed by atoms with Crippen LogP contribution >= 0.6 is 15.6 Å². The van der Waals surface area contributed by atoms with E-state index in [1.54, 1.807) is 0 Å². The van der Waals surface area contributed by atoms with Crippen LogP contribution in [0.2, 0.25) is 0 Å². The molecule has 19 heteroatoms. The minimum absolute atomic E-state index is 0.108. The largest absolute Gasteiger partial charge is 0.472 e. The standard InChI is InChI=1S/C88H172O17P2/c1-7-9-11-13-15-17-19-21-23-25-27-29-31-37-41-45-49-53-60-66-72-87(92)104-83(76-98-85(90)70-64-58-51-47-43-39-35-33-32-34-38-42-46-50-56-62-68-80(3)4)78-102-106(94,95)100-74-82(89)75-101-107(96,97)103-79-84(77-99-86(91)71-65-59-55-54-57-63-69-81(5)6)105-88(93)73-67-61-52-48-44-40-36-30-28-26-24-22-20-18-16-14-12-10-8-2/h80-84,89H,7-79H2,1-6H3,(H,94,95)(H,96,97)/t82-,83-,84-/m1/s1. The topological polar surface area (TPSA) is 237 Å². The molecule has 0 spiro atoms. The van der Waals surface area contributed by atoms with E-state index in [0.29, 0.717) is 31.6 Å². The van der Waals surface area contributed by atoms with Crippen LogP contribution in [0.5, 0.6) is 0 Å². The first-order valence-corrected chi connectivity index (χ1v) is 48.5. The Labute approximate surface area is 658 Å². The maximum atomic E-state index is 13.2. The van der Waals surface area contributed by atoms with Gasteiger partial charge in [0.15, 0.2) is 12.2 Å². The van der Waals surface area contributed by atoms with Crippen LogP contribution < -0.4 is 0 Å². The Morgan fingerprint density at radius 1 is 0.252 bits per heavy atom. The third kappa shape index (κ3) is 81.9. The molecular formula is C88H172O17P2. The molecule has 0 aromatic heterocycles. The molecule has 0 aromatic rings. The molecule has 0 rings (SSSR count). The zero-order valence-electron chi connectivity index (χ0n) is 70.5. The number of aliphatic hydroxyl groups is 1. The summed E-state index contributed by atoms with van der Waals surface area (Å²) in [6, 6.07) is 0. The van der Waals surface area contributed by atoms with Crippen LogP contribution in [0.15, 0.2) is 0 Å². The molecule has 0 amide bonds. The van der Waals surface area contributed by atoms with Crippen molar-refractivity contribution in [2.45, 2.75) is 490 Å². The number of carbonyl (C=O) groups excluding carboxylic acids is 4. The second-order valence-corrected chi connectivity index (χ2v) is 35.5. The van der Waals surface area contributed by atoms with Gasteiger partial charge in [-0.25, -0.2) is 9.13 Å². The van der Waals surface area contributed by atoms with Gasteiger partial charge in [-0.15, -0.1) is 0 Å². The van der Waals surface area contributed by atoms with E-state index < -0.39 is 97.5 Å². The number of unbranched alkanes of at least 4 members (excludes halogenated alkanes) is 57. The Hall–Kier alpha value is -1.94. The van der Waals surface area contributed by atoms with Gasteiger partial charge in [0.1, 0.15) is 19.3 Å². The van der Waals surface area contributed by atoms with E-state index in [1.807, 2.05) is 0 Å². The van der Waals surface area contributed by atoms with Crippen LogP contribution in [0, 0.1) is 11.8 Å². The molecule has 0 aliphatic heterocycles. The maximum absolute atomic E-state index is 13.2. The average Bonchev–Trinajstić information content (AvgIpc) is 0.982. The summed E-state index contributed by atoms with van der Waals surface area (Å²) in [6.07, 6.45) is 72.5. The number of phosphoric acid groups is 2. The van der Waals surface area contributed by atoms with Crippen LogP contribution in [0.4, 0.5) is 0 Å². The Balaban J connectivity index is 5.20. The molecule has 0 bridgehead atoms. The molecule has 0 fully saturated rings. The summed E-state index contributed by atoms with van der Waals surface area (Å²) >= 11 is 0. The maximum Gasteiger partial charge on any atom is 0.472 e. The van der Waals surface area contributed by atoms with Crippen LogP contribution in [0.3, 0.4) is 0 Å². The van der Waals surface area contributed by atoms with Gasteiger partial charge in [0, 0.05) is 25.7 Å². The Kier molecular flexibility index (Phi) is 77.9. The normalized spacial score (nSPS) is 13.8. The number of rotatable bonds is 87. The van der Waals surface area contributed by atoms with Gasteiger partial charge in [-0.05, 0) is 37.5 Å². The van der Waals surface area contributed by atoms with Gasteiger partial charge in [0.05, 0.1) is 26.4 Å². The molecule has 0 heterocycles. The lowest BCUT2D eigenvalue weighted by Crippen LogP contribution is -2.30. The minimum atomic E-state index is -4.97. The van der Waals surface area contributed by atoms with Gasteiger partial charge >= 0.3 is 39.5 Å². The number of ether oxygens (including phenoxy) is 4. The van der Waals surface area contributed by atoms with Gasteiger partial charge < -0.3 is 33.8 Å². The van der Waals surface area contributed by atoms with Crippen LogP contribution in [-0.4, -0.2) is 96.7 Å². The first kappa shape index (κ1) is 105. The van der Waals surface area contributed by atoms with Crippen molar-refractivity contribution >= 4 is 39.5 Å². The third-order valence-corrected chi connectivity index (χ3v) is 22.6. The van der Waals surface area contributed by atoms with Gasteiger partial charge in [-0.3, -0.25) is 37.3 Å². The second-order valence-electron chi connectivity index (χ2n) is 32.6. The van der Waals surface area contributed by atoms with E-state index in [2.05, 4.69) is 41.5 Å². The Bertz CT molecular complexity index is 2050. The third-order valence-electron chi connectivity index (χ3n) is 20.7. The van der Waals surface area contributed by atoms with Gasteiger partial charge in [0.25, 0.3) is 0 Å². The van der Waals surface area contributed by atoms with Crippen LogP contribution in [0.25, 0.3) is 0 Å². The van der Waals surface area contributed by atoms with Crippen molar-refractivity contribution < 1.29 is 80.2 Å². The average molecular weight is 1560 g/mol.